The summed E-state index contributed by atoms with van der Waals surface area (Å²) >= 11 is 0. The van der Waals surface area contributed by atoms with Gasteiger partial charge < -0.3 is 14.8 Å². The van der Waals surface area contributed by atoms with E-state index < -0.39 is 0 Å². The number of ether oxygens (including phenoxy) is 2. The van der Waals surface area contributed by atoms with Gasteiger partial charge in [-0.15, -0.1) is 0 Å². The SMILES string of the molecule is COc1cccc2c1CC1NC(=O)COC1C2. The van der Waals surface area contributed by atoms with Gasteiger partial charge in [0.25, 0.3) is 0 Å². The van der Waals surface area contributed by atoms with Gasteiger partial charge in [0.15, 0.2) is 0 Å². The molecule has 17 heavy (non-hydrogen) atoms. The fourth-order valence-electron chi connectivity index (χ4n) is 2.69. The standard InChI is InChI=1S/C13H15NO3/c1-16-11-4-2-3-8-5-12-10(6-9(8)11)14-13(15)7-17-12/h2-4,10,12H,5-7H2,1H3,(H,14,15). The first-order chi connectivity index (χ1) is 8.28. The third kappa shape index (κ3) is 1.78. The number of carbonyl (C=O) groups excluding carboxylic acids is 1. The number of benzene rings is 1. The van der Waals surface area contributed by atoms with Gasteiger partial charge in [0.2, 0.25) is 5.91 Å². The highest BCUT2D eigenvalue weighted by atomic mass is 16.5. The Balaban J connectivity index is 1.94. The van der Waals surface area contributed by atoms with Crippen molar-refractivity contribution in [3.63, 3.8) is 0 Å². The number of hydrogen-bond donors (Lipinski definition) is 1. The highest BCUT2D eigenvalue weighted by Crippen LogP contribution is 2.31. The van der Waals surface area contributed by atoms with Crippen molar-refractivity contribution in [3.8, 4) is 5.75 Å². The Kier molecular flexibility index (Phi) is 2.52. The van der Waals surface area contributed by atoms with Gasteiger partial charge in [-0.25, -0.2) is 0 Å². The van der Waals surface area contributed by atoms with Crippen molar-refractivity contribution < 1.29 is 14.3 Å². The zero-order valence-electron chi connectivity index (χ0n) is 9.73. The van der Waals surface area contributed by atoms with Crippen molar-refractivity contribution >= 4 is 5.91 Å². The maximum atomic E-state index is 11.3. The first-order valence-corrected chi connectivity index (χ1v) is 5.83. The van der Waals surface area contributed by atoms with Gasteiger partial charge in [-0.2, -0.15) is 0 Å². The molecular weight excluding hydrogens is 218 g/mol. The van der Waals surface area contributed by atoms with E-state index in [4.69, 9.17) is 9.47 Å². The van der Waals surface area contributed by atoms with Crippen LogP contribution < -0.4 is 10.1 Å². The molecule has 1 aliphatic heterocycles. The lowest BCUT2D eigenvalue weighted by molar-refractivity contribution is -0.137. The van der Waals surface area contributed by atoms with Gasteiger partial charge in [0, 0.05) is 6.42 Å². The van der Waals surface area contributed by atoms with Gasteiger partial charge >= 0.3 is 0 Å². The number of amides is 1. The highest BCUT2D eigenvalue weighted by Gasteiger charge is 2.35. The summed E-state index contributed by atoms with van der Waals surface area (Å²) in [5.41, 5.74) is 2.46. The third-order valence-electron chi connectivity index (χ3n) is 3.52. The van der Waals surface area contributed by atoms with Crippen LogP contribution in [-0.2, 0) is 22.4 Å². The number of methoxy groups -OCH3 is 1. The van der Waals surface area contributed by atoms with Gasteiger partial charge in [-0.1, -0.05) is 12.1 Å². The van der Waals surface area contributed by atoms with E-state index in [1.165, 1.54) is 11.1 Å². The first-order valence-electron chi connectivity index (χ1n) is 5.83. The zero-order chi connectivity index (χ0) is 11.8. The van der Waals surface area contributed by atoms with Crippen LogP contribution in [0.25, 0.3) is 0 Å². The number of hydrogen-bond acceptors (Lipinski definition) is 3. The second kappa shape index (κ2) is 4.04. The molecule has 3 rings (SSSR count). The molecule has 1 amide bonds. The average molecular weight is 233 g/mol. The minimum atomic E-state index is -0.0235. The molecule has 2 atom stereocenters. The quantitative estimate of drug-likeness (QED) is 0.776. The third-order valence-corrected chi connectivity index (χ3v) is 3.52. The summed E-state index contributed by atoms with van der Waals surface area (Å²) < 4.78 is 10.9. The fourth-order valence-corrected chi connectivity index (χ4v) is 2.69. The number of carbonyl (C=O) groups is 1. The molecule has 1 saturated heterocycles. The molecule has 1 aliphatic carbocycles. The molecule has 0 saturated carbocycles. The second-order valence-electron chi connectivity index (χ2n) is 4.53. The minimum absolute atomic E-state index is 0.0235. The van der Waals surface area contributed by atoms with Crippen molar-refractivity contribution in [2.75, 3.05) is 13.7 Å². The van der Waals surface area contributed by atoms with E-state index in [1.807, 2.05) is 12.1 Å². The van der Waals surface area contributed by atoms with E-state index in [0.29, 0.717) is 0 Å². The van der Waals surface area contributed by atoms with Crippen LogP contribution in [0.3, 0.4) is 0 Å². The van der Waals surface area contributed by atoms with Gasteiger partial charge in [0.1, 0.15) is 12.4 Å². The van der Waals surface area contributed by atoms with Crippen LogP contribution in [-0.4, -0.2) is 31.8 Å². The highest BCUT2D eigenvalue weighted by molar-refractivity contribution is 5.78. The normalized spacial score (nSPS) is 26.8. The summed E-state index contributed by atoms with van der Waals surface area (Å²) in [5, 5.41) is 2.99. The molecule has 4 nitrogen and oxygen atoms in total. The van der Waals surface area contributed by atoms with Crippen LogP contribution in [0.5, 0.6) is 5.75 Å². The Bertz CT molecular complexity index is 458. The number of nitrogens with one attached hydrogen (secondary N) is 1. The lowest BCUT2D eigenvalue weighted by Crippen LogP contribution is -2.55. The minimum Gasteiger partial charge on any atom is -0.496 e. The Labute approximate surface area is 99.9 Å². The summed E-state index contributed by atoms with van der Waals surface area (Å²) in [7, 11) is 1.68. The molecule has 0 radical (unpaired) electrons. The fraction of sp³-hybridized carbons (Fsp3) is 0.462. The van der Waals surface area contributed by atoms with Gasteiger partial charge in [-0.3, -0.25) is 4.79 Å². The summed E-state index contributed by atoms with van der Waals surface area (Å²) in [5.74, 6) is 0.880. The molecular formula is C13H15NO3. The number of rotatable bonds is 1. The van der Waals surface area contributed by atoms with Crippen molar-refractivity contribution in [1.82, 2.24) is 5.32 Å². The van der Waals surface area contributed by atoms with Crippen molar-refractivity contribution in [2.24, 2.45) is 0 Å². The summed E-state index contributed by atoms with van der Waals surface area (Å²) in [6.07, 6.45) is 1.74. The Morgan fingerprint density at radius 2 is 2.29 bits per heavy atom. The van der Waals surface area contributed by atoms with E-state index in [2.05, 4.69) is 11.4 Å². The van der Waals surface area contributed by atoms with E-state index in [9.17, 15) is 4.79 Å². The smallest absolute Gasteiger partial charge is 0.246 e. The topological polar surface area (TPSA) is 47.6 Å². The van der Waals surface area contributed by atoms with Gasteiger partial charge in [-0.05, 0) is 23.6 Å². The molecule has 0 spiro atoms. The maximum Gasteiger partial charge on any atom is 0.246 e. The lowest BCUT2D eigenvalue weighted by atomic mass is 9.85. The number of morpholine rings is 1. The second-order valence-corrected chi connectivity index (χ2v) is 4.53. The Morgan fingerprint density at radius 3 is 3.12 bits per heavy atom. The van der Waals surface area contributed by atoms with Crippen LogP contribution in [0.15, 0.2) is 18.2 Å². The van der Waals surface area contributed by atoms with Crippen LogP contribution in [0.4, 0.5) is 0 Å². The van der Waals surface area contributed by atoms with Crippen LogP contribution in [0.1, 0.15) is 11.1 Å². The molecule has 4 heteroatoms. The molecule has 0 aromatic heterocycles. The molecule has 1 fully saturated rings. The molecule has 2 aliphatic rings. The molecule has 2 unspecified atom stereocenters. The lowest BCUT2D eigenvalue weighted by Gasteiger charge is -2.37. The van der Waals surface area contributed by atoms with E-state index in [-0.39, 0.29) is 24.7 Å². The maximum absolute atomic E-state index is 11.3. The molecule has 1 aromatic rings. The largest absolute Gasteiger partial charge is 0.496 e. The predicted molar refractivity (Wildman–Crippen MR) is 62.1 cm³/mol. The predicted octanol–water partition coefficient (Wildman–Crippen LogP) is 0.677. The Morgan fingerprint density at radius 1 is 1.41 bits per heavy atom. The molecule has 1 aromatic carbocycles. The van der Waals surface area contributed by atoms with Crippen LogP contribution in [0.2, 0.25) is 0 Å². The molecule has 0 bridgehead atoms. The summed E-state index contributed by atoms with van der Waals surface area (Å²) in [4.78, 5) is 11.3. The van der Waals surface area contributed by atoms with E-state index in [1.54, 1.807) is 7.11 Å². The zero-order valence-corrected chi connectivity index (χ0v) is 9.73. The van der Waals surface area contributed by atoms with Crippen molar-refractivity contribution in [2.45, 2.75) is 25.0 Å². The van der Waals surface area contributed by atoms with E-state index >= 15 is 0 Å². The van der Waals surface area contributed by atoms with Crippen molar-refractivity contribution in [1.29, 1.82) is 0 Å². The first kappa shape index (κ1) is 10.6. The monoisotopic (exact) mass is 233 g/mol. The van der Waals surface area contributed by atoms with Crippen molar-refractivity contribution in [3.05, 3.63) is 29.3 Å². The number of fused-ring (bicyclic) bond motifs is 2. The van der Waals surface area contributed by atoms with Gasteiger partial charge in [0.05, 0.1) is 19.3 Å². The molecule has 90 valence electrons. The van der Waals surface area contributed by atoms with E-state index in [0.717, 1.165) is 18.6 Å². The summed E-state index contributed by atoms with van der Waals surface area (Å²) in [6.45, 7) is 0.181. The van der Waals surface area contributed by atoms with Crippen LogP contribution >= 0.6 is 0 Å². The van der Waals surface area contributed by atoms with Crippen LogP contribution in [0, 0.1) is 0 Å². The molecule has 1 heterocycles. The molecule has 1 N–H and O–H groups in total. The average Bonchev–Trinajstić information content (AvgIpc) is 2.35. The summed E-state index contributed by atoms with van der Waals surface area (Å²) in [6, 6.07) is 6.15. The Hall–Kier alpha value is -1.55.